The van der Waals surface area contributed by atoms with Crippen molar-refractivity contribution in [2.24, 2.45) is 0 Å². The van der Waals surface area contributed by atoms with Crippen molar-refractivity contribution in [3.63, 3.8) is 0 Å². The van der Waals surface area contributed by atoms with E-state index < -0.39 is 0 Å². The van der Waals surface area contributed by atoms with Crippen LogP contribution in [0.25, 0.3) is 11.4 Å². The molecular formula is C19H14N4O3. The Morgan fingerprint density at radius 2 is 1.92 bits per heavy atom. The molecule has 4 rings (SSSR count). The number of hydrogen-bond donors (Lipinski definition) is 1. The topological polar surface area (TPSA) is 94.1 Å². The van der Waals surface area contributed by atoms with Gasteiger partial charge in [0.15, 0.2) is 0 Å². The van der Waals surface area contributed by atoms with Crippen molar-refractivity contribution in [3.05, 3.63) is 84.4 Å². The largest absolute Gasteiger partial charge is 0.472 e. The van der Waals surface area contributed by atoms with Gasteiger partial charge in [0.25, 0.3) is 5.91 Å². The second kappa shape index (κ2) is 7.02. The van der Waals surface area contributed by atoms with Crippen LogP contribution in [0.1, 0.15) is 21.8 Å². The molecule has 0 aliphatic rings. The highest BCUT2D eigenvalue weighted by Gasteiger charge is 2.14. The van der Waals surface area contributed by atoms with E-state index in [1.54, 1.807) is 18.5 Å². The van der Waals surface area contributed by atoms with Crippen LogP contribution in [-0.4, -0.2) is 21.0 Å². The van der Waals surface area contributed by atoms with Crippen LogP contribution in [0.5, 0.6) is 0 Å². The first-order valence-electron chi connectivity index (χ1n) is 7.94. The van der Waals surface area contributed by atoms with Gasteiger partial charge < -0.3 is 14.3 Å². The molecule has 1 aromatic carbocycles. The van der Waals surface area contributed by atoms with Gasteiger partial charge in [-0.15, -0.1) is 0 Å². The Kier molecular flexibility index (Phi) is 4.26. The minimum absolute atomic E-state index is 0.241. The first-order chi connectivity index (χ1) is 12.8. The standard InChI is InChI=1S/C19H14N4O3/c24-19(15-7-10-25-12-15)21-16-4-2-1-3-14(16)11-17-22-18(23-26-17)13-5-8-20-9-6-13/h1-10,12H,11H2,(H,21,24). The molecule has 3 aromatic heterocycles. The van der Waals surface area contributed by atoms with E-state index >= 15 is 0 Å². The lowest BCUT2D eigenvalue weighted by Gasteiger charge is -2.08. The Bertz CT molecular complexity index is 1010. The second-order valence-corrected chi connectivity index (χ2v) is 5.55. The molecular weight excluding hydrogens is 332 g/mol. The summed E-state index contributed by atoms with van der Waals surface area (Å²) in [5, 5.41) is 6.87. The van der Waals surface area contributed by atoms with Crippen molar-refractivity contribution in [3.8, 4) is 11.4 Å². The quantitative estimate of drug-likeness (QED) is 0.594. The SMILES string of the molecule is O=C(Nc1ccccc1Cc1nc(-c2ccncc2)no1)c1ccoc1. The number of hydrogen-bond acceptors (Lipinski definition) is 6. The highest BCUT2D eigenvalue weighted by molar-refractivity contribution is 6.04. The van der Waals surface area contributed by atoms with E-state index in [0.29, 0.717) is 29.4 Å². The van der Waals surface area contributed by atoms with Crippen molar-refractivity contribution in [2.75, 3.05) is 5.32 Å². The van der Waals surface area contributed by atoms with Crippen molar-refractivity contribution >= 4 is 11.6 Å². The van der Waals surface area contributed by atoms with E-state index in [4.69, 9.17) is 8.94 Å². The second-order valence-electron chi connectivity index (χ2n) is 5.55. The van der Waals surface area contributed by atoms with E-state index in [-0.39, 0.29) is 5.91 Å². The molecule has 1 N–H and O–H groups in total. The maximum absolute atomic E-state index is 12.2. The maximum atomic E-state index is 12.2. The molecule has 26 heavy (non-hydrogen) atoms. The van der Waals surface area contributed by atoms with Gasteiger partial charge in [0.2, 0.25) is 11.7 Å². The smallest absolute Gasteiger partial charge is 0.258 e. The van der Waals surface area contributed by atoms with Crippen LogP contribution in [-0.2, 0) is 6.42 Å². The first-order valence-corrected chi connectivity index (χ1v) is 7.94. The molecule has 0 atom stereocenters. The Labute approximate surface area is 148 Å². The molecule has 0 spiro atoms. The normalized spacial score (nSPS) is 10.6. The lowest BCUT2D eigenvalue weighted by Crippen LogP contribution is -2.12. The third kappa shape index (κ3) is 3.36. The zero-order valence-corrected chi connectivity index (χ0v) is 13.6. The van der Waals surface area contributed by atoms with Crippen molar-refractivity contribution < 1.29 is 13.7 Å². The number of carbonyl (C=O) groups excluding carboxylic acids is 1. The van der Waals surface area contributed by atoms with E-state index in [1.165, 1.54) is 12.5 Å². The Balaban J connectivity index is 1.54. The highest BCUT2D eigenvalue weighted by Crippen LogP contribution is 2.21. The molecule has 7 heteroatoms. The number of carbonyl (C=O) groups is 1. The molecule has 128 valence electrons. The summed E-state index contributed by atoms with van der Waals surface area (Å²) < 4.78 is 10.3. The lowest BCUT2D eigenvalue weighted by molar-refractivity contribution is 0.102. The van der Waals surface area contributed by atoms with E-state index in [1.807, 2.05) is 36.4 Å². The summed E-state index contributed by atoms with van der Waals surface area (Å²) in [6.07, 6.45) is 6.61. The summed E-state index contributed by atoms with van der Waals surface area (Å²) in [7, 11) is 0. The highest BCUT2D eigenvalue weighted by atomic mass is 16.5. The molecule has 0 bridgehead atoms. The molecule has 4 aromatic rings. The number of pyridine rings is 1. The number of nitrogens with zero attached hydrogens (tertiary/aromatic N) is 3. The third-order valence-corrected chi connectivity index (χ3v) is 3.80. The maximum Gasteiger partial charge on any atom is 0.258 e. The molecule has 0 radical (unpaired) electrons. The van der Waals surface area contributed by atoms with Gasteiger partial charge in [0.05, 0.1) is 18.2 Å². The van der Waals surface area contributed by atoms with Crippen molar-refractivity contribution in [1.82, 2.24) is 15.1 Å². The zero-order valence-electron chi connectivity index (χ0n) is 13.6. The molecule has 0 saturated carbocycles. The van der Waals surface area contributed by atoms with Crippen molar-refractivity contribution in [2.45, 2.75) is 6.42 Å². The minimum atomic E-state index is -0.241. The monoisotopic (exact) mass is 346 g/mol. The number of amides is 1. The van der Waals surface area contributed by atoms with E-state index in [0.717, 1.165) is 11.1 Å². The minimum Gasteiger partial charge on any atom is -0.472 e. The Hall–Kier alpha value is -3.74. The average Bonchev–Trinajstić information content (AvgIpc) is 3.36. The van der Waals surface area contributed by atoms with Gasteiger partial charge >= 0.3 is 0 Å². The van der Waals surface area contributed by atoms with Crippen LogP contribution in [0, 0.1) is 0 Å². The third-order valence-electron chi connectivity index (χ3n) is 3.80. The molecule has 0 unspecified atom stereocenters. The van der Waals surface area contributed by atoms with Crippen LogP contribution in [0.15, 0.2) is 76.3 Å². The molecule has 3 heterocycles. The van der Waals surface area contributed by atoms with E-state index in [2.05, 4.69) is 20.4 Å². The average molecular weight is 346 g/mol. The number of para-hydroxylation sites is 1. The number of anilines is 1. The molecule has 1 amide bonds. The molecule has 0 aliphatic heterocycles. The summed E-state index contributed by atoms with van der Waals surface area (Å²) >= 11 is 0. The first kappa shape index (κ1) is 15.8. The van der Waals surface area contributed by atoms with E-state index in [9.17, 15) is 4.79 Å². The predicted octanol–water partition coefficient (Wildman–Crippen LogP) is 3.57. The predicted molar refractivity (Wildman–Crippen MR) is 93.4 cm³/mol. The van der Waals surface area contributed by atoms with Crippen LogP contribution in [0.3, 0.4) is 0 Å². The Morgan fingerprint density at radius 3 is 2.73 bits per heavy atom. The summed E-state index contributed by atoms with van der Waals surface area (Å²) in [5.74, 6) is 0.721. The van der Waals surface area contributed by atoms with Crippen LogP contribution in [0.2, 0.25) is 0 Å². The number of aromatic nitrogens is 3. The van der Waals surface area contributed by atoms with Gasteiger partial charge in [0, 0.05) is 23.6 Å². The summed E-state index contributed by atoms with van der Waals surface area (Å²) in [5.41, 5.74) is 2.84. The summed E-state index contributed by atoms with van der Waals surface area (Å²) in [6, 6.07) is 12.7. The lowest BCUT2D eigenvalue weighted by atomic mass is 10.1. The number of furan rings is 1. The van der Waals surface area contributed by atoms with Gasteiger partial charge in [-0.1, -0.05) is 23.4 Å². The van der Waals surface area contributed by atoms with Gasteiger partial charge in [0.1, 0.15) is 6.26 Å². The van der Waals surface area contributed by atoms with Gasteiger partial charge in [-0.05, 0) is 29.8 Å². The van der Waals surface area contributed by atoms with Crippen molar-refractivity contribution in [1.29, 1.82) is 0 Å². The summed E-state index contributed by atoms with van der Waals surface area (Å²) in [4.78, 5) is 20.6. The fraction of sp³-hybridized carbons (Fsp3) is 0.0526. The number of benzene rings is 1. The van der Waals surface area contributed by atoms with Crippen LogP contribution < -0.4 is 5.32 Å². The van der Waals surface area contributed by atoms with Gasteiger partial charge in [-0.2, -0.15) is 4.98 Å². The molecule has 0 saturated heterocycles. The fourth-order valence-electron chi connectivity index (χ4n) is 2.49. The van der Waals surface area contributed by atoms with Gasteiger partial charge in [-0.25, -0.2) is 0 Å². The van der Waals surface area contributed by atoms with Gasteiger partial charge in [-0.3, -0.25) is 9.78 Å². The van der Waals surface area contributed by atoms with Crippen LogP contribution >= 0.6 is 0 Å². The molecule has 0 fully saturated rings. The Morgan fingerprint density at radius 1 is 1.08 bits per heavy atom. The molecule has 7 nitrogen and oxygen atoms in total. The molecule has 0 aliphatic carbocycles. The number of rotatable bonds is 5. The number of nitrogens with one attached hydrogen (secondary N) is 1. The van der Waals surface area contributed by atoms with Crippen LogP contribution in [0.4, 0.5) is 5.69 Å². The summed E-state index contributed by atoms with van der Waals surface area (Å²) in [6.45, 7) is 0. The fourth-order valence-corrected chi connectivity index (χ4v) is 2.49. The zero-order chi connectivity index (χ0) is 17.8.